The molecule has 0 saturated heterocycles. The lowest BCUT2D eigenvalue weighted by Gasteiger charge is -2.22. The summed E-state index contributed by atoms with van der Waals surface area (Å²) in [6.07, 6.45) is 0. The van der Waals surface area contributed by atoms with Crippen LogP contribution in [0.5, 0.6) is 0 Å². The van der Waals surface area contributed by atoms with Gasteiger partial charge in [-0.05, 0) is 11.1 Å². The number of carbonyl (C=O) groups excluding carboxylic acids is 1. The number of carbonyl (C=O) groups is 1. The van der Waals surface area contributed by atoms with E-state index in [-0.39, 0.29) is 6.47 Å². The molecule has 0 atom stereocenters. The maximum absolute atomic E-state index is 10.6. The van der Waals surface area contributed by atoms with Crippen molar-refractivity contribution in [2.45, 2.75) is 5.79 Å². The molecule has 0 saturated carbocycles. The SMILES string of the molecule is O=COC1(O)c2ccccc2-c2ccccc21. The molecule has 0 aliphatic heterocycles. The fraction of sp³-hybridized carbons (Fsp3) is 0.0714. The second-order valence-electron chi connectivity index (χ2n) is 3.95. The zero-order chi connectivity index (χ0) is 11.9. The van der Waals surface area contributed by atoms with Crippen molar-refractivity contribution >= 4 is 6.47 Å². The molecule has 3 nitrogen and oxygen atoms in total. The first-order chi connectivity index (χ1) is 8.27. The summed E-state index contributed by atoms with van der Waals surface area (Å²) < 4.78 is 4.92. The predicted octanol–water partition coefficient (Wildman–Crippen LogP) is 2.03. The van der Waals surface area contributed by atoms with Crippen LogP contribution in [0.1, 0.15) is 11.1 Å². The fourth-order valence-corrected chi connectivity index (χ4v) is 2.37. The number of hydrogen-bond donors (Lipinski definition) is 1. The van der Waals surface area contributed by atoms with Gasteiger partial charge in [-0.2, -0.15) is 0 Å². The first-order valence-corrected chi connectivity index (χ1v) is 5.30. The Morgan fingerprint density at radius 3 is 1.88 bits per heavy atom. The van der Waals surface area contributed by atoms with Crippen LogP contribution < -0.4 is 0 Å². The van der Waals surface area contributed by atoms with Gasteiger partial charge >= 0.3 is 0 Å². The van der Waals surface area contributed by atoms with E-state index in [0.29, 0.717) is 11.1 Å². The third-order valence-electron chi connectivity index (χ3n) is 3.09. The van der Waals surface area contributed by atoms with Crippen LogP contribution in [0.15, 0.2) is 48.5 Å². The zero-order valence-electron chi connectivity index (χ0n) is 8.96. The molecule has 1 aliphatic rings. The lowest BCUT2D eigenvalue weighted by molar-refractivity contribution is -0.180. The van der Waals surface area contributed by atoms with Gasteiger partial charge in [-0.25, -0.2) is 0 Å². The highest BCUT2D eigenvalue weighted by molar-refractivity contribution is 5.79. The van der Waals surface area contributed by atoms with Crippen molar-refractivity contribution in [2.75, 3.05) is 0 Å². The van der Waals surface area contributed by atoms with Gasteiger partial charge in [0.15, 0.2) is 0 Å². The zero-order valence-corrected chi connectivity index (χ0v) is 8.96. The van der Waals surface area contributed by atoms with Crippen molar-refractivity contribution in [1.29, 1.82) is 0 Å². The van der Waals surface area contributed by atoms with E-state index >= 15 is 0 Å². The summed E-state index contributed by atoms with van der Waals surface area (Å²) in [4.78, 5) is 10.6. The molecule has 0 amide bonds. The van der Waals surface area contributed by atoms with Gasteiger partial charge in [-0.1, -0.05) is 48.5 Å². The Kier molecular flexibility index (Phi) is 2.03. The topological polar surface area (TPSA) is 46.5 Å². The van der Waals surface area contributed by atoms with Crippen LogP contribution in [0.25, 0.3) is 11.1 Å². The summed E-state index contributed by atoms with van der Waals surface area (Å²) in [7, 11) is 0. The smallest absolute Gasteiger partial charge is 0.296 e. The molecule has 0 spiro atoms. The van der Waals surface area contributed by atoms with E-state index in [1.807, 2.05) is 36.4 Å². The number of fused-ring (bicyclic) bond motifs is 3. The maximum Gasteiger partial charge on any atom is 0.296 e. The highest BCUT2D eigenvalue weighted by Gasteiger charge is 2.43. The number of rotatable bonds is 2. The summed E-state index contributed by atoms with van der Waals surface area (Å²) in [6, 6.07) is 14.7. The largest absolute Gasteiger partial charge is 0.426 e. The summed E-state index contributed by atoms with van der Waals surface area (Å²) in [5, 5.41) is 10.5. The lowest BCUT2D eigenvalue weighted by atomic mass is 10.0. The Hall–Kier alpha value is -2.13. The molecule has 3 rings (SSSR count). The third kappa shape index (κ3) is 1.23. The number of hydrogen-bond acceptors (Lipinski definition) is 3. The lowest BCUT2D eigenvalue weighted by Crippen LogP contribution is -2.27. The standard InChI is InChI=1S/C14H10O3/c15-9-17-14(16)12-7-3-1-5-10(12)11-6-2-4-8-13(11)14/h1-9,16H. The molecule has 2 aromatic rings. The second kappa shape index (κ2) is 3.43. The number of aliphatic hydroxyl groups is 1. The van der Waals surface area contributed by atoms with Crippen LogP contribution in [0.4, 0.5) is 0 Å². The molecular formula is C14H10O3. The van der Waals surface area contributed by atoms with Crippen LogP contribution in [0.3, 0.4) is 0 Å². The van der Waals surface area contributed by atoms with Gasteiger partial charge in [-0.3, -0.25) is 4.79 Å². The average molecular weight is 226 g/mol. The summed E-state index contributed by atoms with van der Waals surface area (Å²) in [5.74, 6) is -1.66. The molecule has 17 heavy (non-hydrogen) atoms. The molecule has 84 valence electrons. The molecule has 0 heterocycles. The van der Waals surface area contributed by atoms with Crippen LogP contribution in [-0.2, 0) is 15.3 Å². The Balaban J connectivity index is 2.34. The summed E-state index contributed by atoms with van der Waals surface area (Å²) >= 11 is 0. The molecule has 0 bridgehead atoms. The monoisotopic (exact) mass is 226 g/mol. The number of benzene rings is 2. The minimum Gasteiger partial charge on any atom is -0.426 e. The van der Waals surface area contributed by atoms with Gasteiger partial charge in [0, 0.05) is 11.1 Å². The summed E-state index contributed by atoms with van der Waals surface area (Å²) in [5.41, 5.74) is 3.00. The van der Waals surface area contributed by atoms with Gasteiger partial charge in [0.1, 0.15) is 0 Å². The molecule has 0 unspecified atom stereocenters. The van der Waals surface area contributed by atoms with Gasteiger partial charge in [0.2, 0.25) is 0 Å². The highest BCUT2D eigenvalue weighted by atomic mass is 16.6. The average Bonchev–Trinajstić information content (AvgIpc) is 2.62. The summed E-state index contributed by atoms with van der Waals surface area (Å²) in [6.45, 7) is 0.277. The molecule has 3 heteroatoms. The Morgan fingerprint density at radius 2 is 1.41 bits per heavy atom. The van der Waals surface area contributed by atoms with Crippen LogP contribution in [0, 0.1) is 0 Å². The normalized spacial score (nSPS) is 14.9. The molecular weight excluding hydrogens is 216 g/mol. The Labute approximate surface area is 98.3 Å². The van der Waals surface area contributed by atoms with Crippen molar-refractivity contribution in [3.05, 3.63) is 59.7 Å². The molecule has 0 aromatic heterocycles. The third-order valence-corrected chi connectivity index (χ3v) is 3.09. The second-order valence-corrected chi connectivity index (χ2v) is 3.95. The van der Waals surface area contributed by atoms with Crippen molar-refractivity contribution < 1.29 is 14.6 Å². The van der Waals surface area contributed by atoms with Crippen molar-refractivity contribution in [3.8, 4) is 11.1 Å². The van der Waals surface area contributed by atoms with E-state index in [9.17, 15) is 9.90 Å². The van der Waals surface area contributed by atoms with Crippen LogP contribution in [-0.4, -0.2) is 11.6 Å². The van der Waals surface area contributed by atoms with Gasteiger partial charge in [-0.15, -0.1) is 0 Å². The first-order valence-electron chi connectivity index (χ1n) is 5.30. The Morgan fingerprint density at radius 1 is 0.941 bits per heavy atom. The highest BCUT2D eigenvalue weighted by Crippen LogP contribution is 2.47. The minimum atomic E-state index is -1.66. The van der Waals surface area contributed by atoms with E-state index in [4.69, 9.17) is 4.74 Å². The van der Waals surface area contributed by atoms with Gasteiger partial charge < -0.3 is 9.84 Å². The quantitative estimate of drug-likeness (QED) is 0.629. The van der Waals surface area contributed by atoms with Gasteiger partial charge in [0.25, 0.3) is 12.3 Å². The van der Waals surface area contributed by atoms with Crippen molar-refractivity contribution in [2.24, 2.45) is 0 Å². The van der Waals surface area contributed by atoms with E-state index < -0.39 is 5.79 Å². The Bertz CT molecular complexity index is 544. The minimum absolute atomic E-state index is 0.277. The first kappa shape index (κ1) is 10.1. The molecule has 2 aromatic carbocycles. The van der Waals surface area contributed by atoms with Crippen molar-refractivity contribution in [3.63, 3.8) is 0 Å². The predicted molar refractivity (Wildman–Crippen MR) is 62.0 cm³/mol. The fourth-order valence-electron chi connectivity index (χ4n) is 2.37. The van der Waals surface area contributed by atoms with E-state index in [1.165, 1.54) is 0 Å². The maximum atomic E-state index is 10.6. The van der Waals surface area contributed by atoms with E-state index in [0.717, 1.165) is 11.1 Å². The molecule has 0 radical (unpaired) electrons. The van der Waals surface area contributed by atoms with Crippen LogP contribution >= 0.6 is 0 Å². The van der Waals surface area contributed by atoms with Crippen molar-refractivity contribution in [1.82, 2.24) is 0 Å². The molecule has 1 N–H and O–H groups in total. The number of ether oxygens (including phenoxy) is 1. The van der Waals surface area contributed by atoms with E-state index in [2.05, 4.69) is 0 Å². The molecule has 0 fully saturated rings. The van der Waals surface area contributed by atoms with E-state index in [1.54, 1.807) is 12.1 Å². The van der Waals surface area contributed by atoms with Gasteiger partial charge in [0.05, 0.1) is 0 Å². The van der Waals surface area contributed by atoms with Crippen LogP contribution in [0.2, 0.25) is 0 Å². The molecule has 1 aliphatic carbocycles.